The zero-order valence-corrected chi connectivity index (χ0v) is 35.4. The standard InChI is InChI=1S/C42H53F4N5O9S/c1-5-25-19-24(2)11-6-7-12-26-21-41(26,37(54)49-61(57,58)40(23-43)16-17-40)48-33(52)31-20-27(22-50(31)36(53)32(25)51(38(55)56)39(3,4)42(44,45)46)60-35-30-14-9-8-13-28(30)29-15-10-18-59-34(29)47-35/h7-9,12-14,24-27,31-32H,5-6,10-11,15-23H2,1-4H3,(H,48,52)(H,49,54)(H,55,56)/b12-7-/t24-,25-,26-,27-,31+,32+,41-/m1/s1. The number of nitrogens with zero attached hydrogens (tertiary/aromatic N) is 3. The highest BCUT2D eigenvalue weighted by atomic mass is 32.2. The predicted octanol–water partition coefficient (Wildman–Crippen LogP) is 5.82. The fraction of sp³-hybridized carbons (Fsp3) is 0.643. The Morgan fingerprint density at radius 1 is 1.15 bits per heavy atom. The number of amides is 4. The smallest absolute Gasteiger partial charge is 0.411 e. The van der Waals surface area contributed by atoms with Gasteiger partial charge in [0.15, 0.2) is 0 Å². The maximum Gasteiger partial charge on any atom is 0.411 e. The van der Waals surface area contributed by atoms with E-state index < -0.39 is 92.5 Å². The molecule has 0 bridgehead atoms. The summed E-state index contributed by atoms with van der Waals surface area (Å²) in [5.41, 5.74) is -4.02. The number of carbonyl (C=O) groups is 4. The second-order valence-corrected chi connectivity index (χ2v) is 19.9. The molecular formula is C42H53F4N5O9S. The zero-order valence-electron chi connectivity index (χ0n) is 34.6. The first-order valence-corrected chi connectivity index (χ1v) is 22.4. The summed E-state index contributed by atoms with van der Waals surface area (Å²) in [5.74, 6) is -4.45. The number of sulfonamides is 1. The van der Waals surface area contributed by atoms with Crippen LogP contribution in [0.5, 0.6) is 11.8 Å². The van der Waals surface area contributed by atoms with Crippen molar-refractivity contribution in [3.8, 4) is 11.8 Å². The fourth-order valence-corrected chi connectivity index (χ4v) is 10.6. The third kappa shape index (κ3) is 8.10. The fourth-order valence-electron chi connectivity index (χ4n) is 9.22. The van der Waals surface area contributed by atoms with E-state index in [9.17, 15) is 45.5 Å². The summed E-state index contributed by atoms with van der Waals surface area (Å²) < 4.78 is 97.6. The van der Waals surface area contributed by atoms with Gasteiger partial charge in [-0.25, -0.2) is 17.6 Å². The first kappa shape index (κ1) is 44.4. The lowest BCUT2D eigenvalue weighted by Gasteiger charge is -2.46. The Kier molecular flexibility index (Phi) is 11.8. The number of halogens is 4. The Morgan fingerprint density at radius 2 is 1.85 bits per heavy atom. The van der Waals surface area contributed by atoms with Gasteiger partial charge < -0.3 is 24.8 Å². The highest BCUT2D eigenvalue weighted by Gasteiger charge is 2.64. The van der Waals surface area contributed by atoms with E-state index in [1.54, 1.807) is 31.2 Å². The number of benzene rings is 1. The number of ether oxygens (including phenoxy) is 2. The molecular weight excluding hydrogens is 827 g/mol. The predicted molar refractivity (Wildman–Crippen MR) is 214 cm³/mol. The number of carboxylic acid groups (broad SMARTS) is 1. The highest BCUT2D eigenvalue weighted by Crippen LogP contribution is 2.48. The molecule has 3 aliphatic heterocycles. The normalized spacial score (nSPS) is 29.7. The van der Waals surface area contributed by atoms with Gasteiger partial charge in [-0.1, -0.05) is 50.6 Å². The van der Waals surface area contributed by atoms with Crippen molar-refractivity contribution >= 4 is 44.6 Å². The van der Waals surface area contributed by atoms with Crippen molar-refractivity contribution < 1.29 is 59.7 Å². The molecule has 3 fully saturated rings. The van der Waals surface area contributed by atoms with Crippen LogP contribution in [0.2, 0.25) is 0 Å². The van der Waals surface area contributed by atoms with Gasteiger partial charge in [-0.3, -0.25) is 24.0 Å². The van der Waals surface area contributed by atoms with Crippen LogP contribution < -0.4 is 19.5 Å². The molecule has 4 amide bonds. The number of rotatable bonds is 9. The summed E-state index contributed by atoms with van der Waals surface area (Å²) in [6.45, 7) is 3.72. The molecule has 61 heavy (non-hydrogen) atoms. The average Bonchev–Trinajstić information content (AvgIpc) is 4.11. The second kappa shape index (κ2) is 16.2. The minimum atomic E-state index is -5.12. The van der Waals surface area contributed by atoms with Crippen molar-refractivity contribution in [2.45, 2.75) is 132 Å². The average molecular weight is 880 g/mol. The van der Waals surface area contributed by atoms with Crippen molar-refractivity contribution in [2.24, 2.45) is 17.8 Å². The lowest BCUT2D eigenvalue weighted by Crippen LogP contribution is -2.66. The van der Waals surface area contributed by atoms with E-state index in [-0.39, 0.29) is 61.8 Å². The molecule has 4 heterocycles. The molecule has 2 aliphatic carbocycles. The van der Waals surface area contributed by atoms with Gasteiger partial charge in [-0.2, -0.15) is 18.2 Å². The van der Waals surface area contributed by atoms with Crippen molar-refractivity contribution in [1.29, 1.82) is 0 Å². The Labute approximate surface area is 351 Å². The van der Waals surface area contributed by atoms with Crippen LogP contribution in [0.3, 0.4) is 0 Å². The third-order valence-electron chi connectivity index (χ3n) is 13.4. The Balaban J connectivity index is 1.31. The summed E-state index contributed by atoms with van der Waals surface area (Å²) in [6.07, 6.45) is -2.30. The number of allylic oxidation sites excluding steroid dienone is 1. The molecule has 19 heteroatoms. The van der Waals surface area contributed by atoms with E-state index >= 15 is 4.79 Å². The minimum absolute atomic E-state index is 0.00639. The van der Waals surface area contributed by atoms with Crippen LogP contribution in [0.25, 0.3) is 10.8 Å². The maximum absolute atomic E-state index is 15.2. The van der Waals surface area contributed by atoms with Gasteiger partial charge in [0.1, 0.15) is 40.7 Å². The van der Waals surface area contributed by atoms with Crippen LogP contribution in [0.4, 0.5) is 22.4 Å². The molecule has 7 atom stereocenters. The number of nitrogens with one attached hydrogen (secondary N) is 2. The number of fused-ring (bicyclic) bond motifs is 5. The molecule has 2 saturated carbocycles. The number of hydrogen-bond acceptors (Lipinski definition) is 9. The first-order valence-electron chi connectivity index (χ1n) is 20.9. The molecule has 1 aromatic heterocycles. The van der Waals surface area contributed by atoms with Crippen LogP contribution in [0.15, 0.2) is 36.4 Å². The number of aryl methyl sites for hydroxylation is 1. The van der Waals surface area contributed by atoms with E-state index in [1.807, 2.05) is 23.8 Å². The van der Waals surface area contributed by atoms with E-state index in [0.29, 0.717) is 51.0 Å². The Hall–Kier alpha value is -4.68. The lowest BCUT2D eigenvalue weighted by atomic mass is 9.82. The number of alkyl halides is 4. The molecule has 334 valence electrons. The van der Waals surface area contributed by atoms with Crippen molar-refractivity contribution in [2.75, 3.05) is 19.8 Å². The number of aromatic nitrogens is 1. The molecule has 1 aromatic carbocycles. The summed E-state index contributed by atoms with van der Waals surface area (Å²) in [5, 5.41) is 14.7. The Bertz CT molecular complexity index is 2220. The molecule has 3 N–H and O–H groups in total. The molecule has 5 aliphatic rings. The second-order valence-electron chi connectivity index (χ2n) is 17.9. The molecule has 0 radical (unpaired) electrons. The first-order chi connectivity index (χ1) is 28.7. The van der Waals surface area contributed by atoms with Gasteiger partial charge in [0.05, 0.1) is 13.2 Å². The molecule has 1 saturated heterocycles. The molecule has 0 unspecified atom stereocenters. The summed E-state index contributed by atoms with van der Waals surface area (Å²) in [7, 11) is -4.51. The number of carbonyl (C=O) groups excluding carboxylic acids is 3. The van der Waals surface area contributed by atoms with Crippen molar-refractivity contribution in [1.82, 2.24) is 24.8 Å². The van der Waals surface area contributed by atoms with Gasteiger partial charge in [0.2, 0.25) is 33.6 Å². The van der Waals surface area contributed by atoms with Gasteiger partial charge in [0.25, 0.3) is 5.91 Å². The summed E-state index contributed by atoms with van der Waals surface area (Å²) >= 11 is 0. The number of hydrogen-bond donors (Lipinski definition) is 3. The third-order valence-corrected chi connectivity index (χ3v) is 15.5. The van der Waals surface area contributed by atoms with Gasteiger partial charge in [0, 0.05) is 23.3 Å². The van der Waals surface area contributed by atoms with Gasteiger partial charge in [-0.05, 0) is 88.5 Å². The van der Waals surface area contributed by atoms with Crippen LogP contribution >= 0.6 is 0 Å². The molecule has 14 nitrogen and oxygen atoms in total. The van der Waals surface area contributed by atoms with E-state index in [4.69, 9.17) is 9.47 Å². The van der Waals surface area contributed by atoms with Gasteiger partial charge >= 0.3 is 12.3 Å². The topological polar surface area (TPSA) is 185 Å². The molecule has 2 aromatic rings. The van der Waals surface area contributed by atoms with Crippen LogP contribution in [-0.4, -0.2) is 112 Å². The number of pyridine rings is 1. The van der Waals surface area contributed by atoms with E-state index in [1.165, 1.54) is 0 Å². The van der Waals surface area contributed by atoms with E-state index in [0.717, 1.165) is 22.3 Å². The largest absolute Gasteiger partial charge is 0.477 e. The van der Waals surface area contributed by atoms with Gasteiger partial charge in [-0.15, -0.1) is 0 Å². The zero-order chi connectivity index (χ0) is 44.3. The summed E-state index contributed by atoms with van der Waals surface area (Å²) in [6, 6.07) is 3.85. The van der Waals surface area contributed by atoms with Crippen LogP contribution in [0.1, 0.15) is 91.0 Å². The molecule has 7 rings (SSSR count). The minimum Gasteiger partial charge on any atom is -0.477 e. The maximum atomic E-state index is 15.2. The monoisotopic (exact) mass is 879 g/mol. The SMILES string of the molecule is CC[C@@H]1C[C@H](C)CC/C=C\[C@@H]2C[C@@]2(C(=O)NS(=O)(=O)C2(CF)CC2)NC(=O)[C@@H]2C[C@@H](Oc3nc4c(c5ccccc35)CCCO4)CN2C(=O)[C@H]1N(C(=O)O)C(C)(C)C(F)(F)F. The lowest BCUT2D eigenvalue weighted by molar-refractivity contribution is -0.222. The van der Waals surface area contributed by atoms with Crippen LogP contribution in [0, 0.1) is 17.8 Å². The molecule has 0 spiro atoms. The van der Waals surface area contributed by atoms with Crippen LogP contribution in [-0.2, 0) is 30.8 Å². The van der Waals surface area contributed by atoms with Crippen molar-refractivity contribution in [3.63, 3.8) is 0 Å². The van der Waals surface area contributed by atoms with E-state index in [2.05, 4.69) is 10.3 Å². The highest BCUT2D eigenvalue weighted by molar-refractivity contribution is 7.91. The Morgan fingerprint density at radius 3 is 2.49 bits per heavy atom. The van der Waals surface area contributed by atoms with Crippen molar-refractivity contribution in [3.05, 3.63) is 42.0 Å². The quantitative estimate of drug-likeness (QED) is 0.205. The summed E-state index contributed by atoms with van der Waals surface area (Å²) in [4.78, 5) is 62.9.